The topological polar surface area (TPSA) is 23.8 Å². The highest BCUT2D eigenvalue weighted by molar-refractivity contribution is 6.33. The van der Waals surface area contributed by atoms with Gasteiger partial charge in [0.15, 0.2) is 0 Å². The van der Waals surface area contributed by atoms with Crippen LogP contribution in [0.5, 0.6) is 0 Å². The van der Waals surface area contributed by atoms with Crippen molar-refractivity contribution >= 4 is 15.1 Å². The van der Waals surface area contributed by atoms with E-state index >= 15 is 0 Å². The molecule has 0 aliphatic heterocycles. The van der Waals surface area contributed by atoms with Crippen molar-refractivity contribution in [3.8, 4) is 6.07 Å². The lowest BCUT2D eigenvalue weighted by Crippen LogP contribution is -1.76. The maximum absolute atomic E-state index is 9.67. The summed E-state index contributed by atoms with van der Waals surface area (Å²) in [4.78, 5) is 0. The van der Waals surface area contributed by atoms with Gasteiger partial charge in [0.05, 0.1) is 6.07 Å². The third kappa shape index (κ3) is 745. The van der Waals surface area contributed by atoms with E-state index in [1.54, 1.807) is 6.07 Å². The highest BCUT2D eigenvalue weighted by atomic mass is 19.4. The molecule has 0 aromatic heterocycles. The molecule has 64 valence electrons. The molecule has 0 fully saturated rings. The first-order valence-electron chi connectivity index (χ1n) is 2.03. The van der Waals surface area contributed by atoms with E-state index in [9.17, 15) is 25.9 Å². The minimum Gasteiger partial charge on any atom is -0.254 e. The molecule has 0 aliphatic rings. The Morgan fingerprint density at radius 2 is 0.909 bits per heavy atom. The monoisotopic (exact) mass is 177 g/mol. The fourth-order valence-electron chi connectivity index (χ4n) is 0. The van der Waals surface area contributed by atoms with Crippen LogP contribution in [0, 0.1) is 11.3 Å². The molecule has 0 atom stereocenters. The molecule has 0 amide bonds. The van der Waals surface area contributed by atoms with Gasteiger partial charge in [0.25, 0.3) is 0 Å². The standard InChI is InChI=1S/C2H3N.2BF3/c1-2-3;2*2-1(3)4/h1H3;;. The number of hydrogen-bond donors (Lipinski definition) is 0. The highest BCUT2D eigenvalue weighted by Gasteiger charge is 2.06. The number of rotatable bonds is 0. The van der Waals surface area contributed by atoms with Gasteiger partial charge in [-0.1, -0.05) is 0 Å². The second kappa shape index (κ2) is 16.1. The van der Waals surface area contributed by atoms with Gasteiger partial charge in [0.2, 0.25) is 0 Å². The van der Waals surface area contributed by atoms with Crippen molar-refractivity contribution in [1.29, 1.82) is 5.26 Å². The first-order chi connectivity index (χ1) is 4.88. The zero-order chi connectivity index (χ0) is 9.86. The molecule has 0 heterocycles. The molecule has 9 heteroatoms. The Morgan fingerprint density at radius 1 is 0.909 bits per heavy atom. The van der Waals surface area contributed by atoms with Gasteiger partial charge in [-0.05, 0) is 0 Å². The lowest BCUT2D eigenvalue weighted by molar-refractivity contribution is 0.533. The van der Waals surface area contributed by atoms with Crippen LogP contribution >= 0.6 is 0 Å². The fourth-order valence-corrected chi connectivity index (χ4v) is 0. The second-order valence-electron chi connectivity index (χ2n) is 0.718. The van der Waals surface area contributed by atoms with Crippen LogP contribution < -0.4 is 0 Å². The predicted molar refractivity (Wildman–Crippen MR) is 29.4 cm³/mol. The first-order valence-corrected chi connectivity index (χ1v) is 2.03. The summed E-state index contributed by atoms with van der Waals surface area (Å²) in [5.74, 6) is 0. The molecule has 11 heavy (non-hydrogen) atoms. The van der Waals surface area contributed by atoms with E-state index in [0.717, 1.165) is 0 Å². The maximum Gasteiger partial charge on any atom is 0.762 e. The molecule has 1 nitrogen and oxygen atoms in total. The molecule has 0 N–H and O–H groups in total. The average Bonchev–Trinajstić information content (AvgIpc) is 1.60. The van der Waals surface area contributed by atoms with Crippen molar-refractivity contribution < 1.29 is 25.9 Å². The van der Waals surface area contributed by atoms with Crippen molar-refractivity contribution in [2.75, 3.05) is 0 Å². The van der Waals surface area contributed by atoms with Crippen LogP contribution in [-0.4, -0.2) is 15.1 Å². The first kappa shape index (κ1) is 16.7. The summed E-state index contributed by atoms with van der Waals surface area (Å²) >= 11 is 0. The van der Waals surface area contributed by atoms with Crippen LogP contribution in [0.2, 0.25) is 0 Å². The molecule has 0 saturated carbocycles. The molecule has 0 bridgehead atoms. The quantitative estimate of drug-likeness (QED) is 0.411. The predicted octanol–water partition coefficient (Wildman–Crippen LogP) is 2.29. The molecule has 0 rings (SSSR count). The molecule has 0 aliphatic carbocycles. The van der Waals surface area contributed by atoms with Crippen molar-refractivity contribution in [2.45, 2.75) is 6.92 Å². The lowest BCUT2D eigenvalue weighted by Gasteiger charge is -1.55. The minimum absolute atomic E-state index is 1.43. The van der Waals surface area contributed by atoms with Crippen LogP contribution in [0.3, 0.4) is 0 Å². The van der Waals surface area contributed by atoms with E-state index in [0.29, 0.717) is 0 Å². The normalized spacial score (nSPS) is 5.64. The number of nitrogens with zero attached hydrogens (tertiary/aromatic N) is 1. The Kier molecular flexibility index (Phi) is 24.4. The maximum atomic E-state index is 9.67. The van der Waals surface area contributed by atoms with E-state index in [1.165, 1.54) is 6.92 Å². The largest absolute Gasteiger partial charge is 0.762 e. The Balaban J connectivity index is -0.0000000886. The third-order valence-electron chi connectivity index (χ3n) is 0. The summed E-state index contributed by atoms with van der Waals surface area (Å²) in [6.45, 7) is 1.43. The zero-order valence-electron chi connectivity index (χ0n) is 5.37. The van der Waals surface area contributed by atoms with E-state index in [1.807, 2.05) is 0 Å². The van der Waals surface area contributed by atoms with E-state index < -0.39 is 15.1 Å². The van der Waals surface area contributed by atoms with E-state index in [2.05, 4.69) is 0 Å². The van der Waals surface area contributed by atoms with Gasteiger partial charge < -0.3 is 0 Å². The SMILES string of the molecule is CC#N.FB(F)F.FB(F)F. The van der Waals surface area contributed by atoms with Crippen molar-refractivity contribution in [3.63, 3.8) is 0 Å². The lowest BCUT2D eigenvalue weighted by atomic mass is 10.5. The molecular formula is C2H3B2F6N. The molecule has 0 unspecified atom stereocenters. The van der Waals surface area contributed by atoms with Crippen molar-refractivity contribution in [2.24, 2.45) is 0 Å². The summed E-state index contributed by atoms with van der Waals surface area (Å²) in [6.07, 6.45) is 0. The molecule has 0 aromatic carbocycles. The molecule has 0 spiro atoms. The number of hydrogen-bond acceptors (Lipinski definition) is 1. The Morgan fingerprint density at radius 3 is 0.909 bits per heavy atom. The summed E-state index contributed by atoms with van der Waals surface area (Å²) in [5.41, 5.74) is 0. The molecule has 0 saturated heterocycles. The van der Waals surface area contributed by atoms with Gasteiger partial charge in [0.1, 0.15) is 0 Å². The van der Waals surface area contributed by atoms with Crippen LogP contribution in [0.25, 0.3) is 0 Å². The smallest absolute Gasteiger partial charge is 0.254 e. The summed E-state index contributed by atoms with van der Waals surface area (Å²) in [5, 5.41) is 7.32. The van der Waals surface area contributed by atoms with Crippen LogP contribution in [0.4, 0.5) is 25.9 Å². The molecule has 0 aromatic rings. The van der Waals surface area contributed by atoms with Crippen molar-refractivity contribution in [3.05, 3.63) is 0 Å². The Bertz CT molecular complexity index is 79.6. The van der Waals surface area contributed by atoms with Gasteiger partial charge >= 0.3 is 15.1 Å². The van der Waals surface area contributed by atoms with Gasteiger partial charge in [0, 0.05) is 6.92 Å². The van der Waals surface area contributed by atoms with Crippen molar-refractivity contribution in [1.82, 2.24) is 0 Å². The van der Waals surface area contributed by atoms with Gasteiger partial charge in [-0.15, -0.1) is 0 Å². The van der Waals surface area contributed by atoms with Gasteiger partial charge in [-0.3, -0.25) is 25.9 Å². The number of halogens is 6. The van der Waals surface area contributed by atoms with Crippen LogP contribution in [-0.2, 0) is 0 Å². The summed E-state index contributed by atoms with van der Waals surface area (Å²) in [6, 6.07) is 1.75. The minimum atomic E-state index is -3.67. The highest BCUT2D eigenvalue weighted by Crippen LogP contribution is 1.80. The molecule has 0 radical (unpaired) electrons. The Hall–Kier alpha value is -0.800. The van der Waals surface area contributed by atoms with E-state index in [4.69, 9.17) is 5.26 Å². The summed E-state index contributed by atoms with van der Waals surface area (Å²) < 4.78 is 58.0. The summed E-state index contributed by atoms with van der Waals surface area (Å²) in [7, 11) is -7.33. The van der Waals surface area contributed by atoms with E-state index in [-0.39, 0.29) is 0 Å². The average molecular weight is 177 g/mol. The van der Waals surface area contributed by atoms with Gasteiger partial charge in [-0.2, -0.15) is 5.26 Å². The fraction of sp³-hybridized carbons (Fsp3) is 0.500. The third-order valence-corrected chi connectivity index (χ3v) is 0. The van der Waals surface area contributed by atoms with Crippen LogP contribution in [0.15, 0.2) is 0 Å². The zero-order valence-corrected chi connectivity index (χ0v) is 5.37. The Labute approximate surface area is 60.4 Å². The molecular weight excluding hydrogens is 174 g/mol. The van der Waals surface area contributed by atoms with Gasteiger partial charge in [-0.25, -0.2) is 0 Å². The number of nitriles is 1. The van der Waals surface area contributed by atoms with Crippen LogP contribution in [0.1, 0.15) is 6.92 Å². The second-order valence-corrected chi connectivity index (χ2v) is 0.718.